The number of carbonyl (C=O) groups is 1. The third kappa shape index (κ3) is 2.78. The largest absolute Gasteiger partial charge is 0.491 e. The minimum atomic E-state index is -1.48. The van der Waals surface area contributed by atoms with Crippen LogP contribution in [0.25, 0.3) is 22.1 Å². The highest BCUT2D eigenvalue weighted by Crippen LogP contribution is 2.43. The van der Waals surface area contributed by atoms with Gasteiger partial charge in [0.2, 0.25) is 11.6 Å². The van der Waals surface area contributed by atoms with Gasteiger partial charge in [0.15, 0.2) is 17.4 Å². The summed E-state index contributed by atoms with van der Waals surface area (Å²) in [5, 5.41) is 0.309. The fourth-order valence-electron chi connectivity index (χ4n) is 2.65. The molecule has 1 aromatic heterocycles. The average molecular weight is 385 g/mol. The number of ether oxygens (including phenoxy) is 2. The van der Waals surface area contributed by atoms with Crippen molar-refractivity contribution in [2.45, 2.75) is 6.92 Å². The summed E-state index contributed by atoms with van der Waals surface area (Å²) in [7, 11) is 0.997. The number of carbonyl (C=O) groups excluding carboxylic acids is 1. The fourth-order valence-corrected chi connectivity index (χ4v) is 2.91. The van der Waals surface area contributed by atoms with Crippen molar-refractivity contribution >= 4 is 28.5 Å². The Balaban J connectivity index is 2.43. The first-order valence-electron chi connectivity index (χ1n) is 7.50. The van der Waals surface area contributed by atoms with Gasteiger partial charge in [-0.15, -0.1) is 0 Å². The van der Waals surface area contributed by atoms with E-state index in [-0.39, 0.29) is 33.9 Å². The molecule has 4 nitrogen and oxygen atoms in total. The molecule has 0 fully saturated rings. The van der Waals surface area contributed by atoms with E-state index >= 15 is 0 Å². The van der Waals surface area contributed by atoms with Crippen LogP contribution in [0.15, 0.2) is 28.7 Å². The smallest absolute Gasteiger partial charge is 0.374 e. The molecule has 0 spiro atoms. The predicted molar refractivity (Wildman–Crippen MR) is 89.0 cm³/mol. The highest BCUT2D eigenvalue weighted by atomic mass is 35.5. The molecule has 2 aromatic carbocycles. The molecule has 0 unspecified atom stereocenters. The number of fused-ring (bicyclic) bond motifs is 1. The van der Waals surface area contributed by atoms with Crippen LogP contribution in [0.3, 0.4) is 0 Å². The molecule has 3 aromatic rings. The van der Waals surface area contributed by atoms with E-state index in [9.17, 15) is 18.0 Å². The van der Waals surface area contributed by atoms with E-state index in [0.717, 1.165) is 7.11 Å². The Morgan fingerprint density at radius 2 is 1.96 bits per heavy atom. The molecule has 0 aliphatic carbocycles. The zero-order valence-corrected chi connectivity index (χ0v) is 14.4. The molecule has 0 amide bonds. The van der Waals surface area contributed by atoms with E-state index in [1.165, 1.54) is 12.1 Å². The number of hydrogen-bond donors (Lipinski definition) is 0. The Labute approximate surface area is 151 Å². The van der Waals surface area contributed by atoms with Crippen molar-refractivity contribution < 1.29 is 31.9 Å². The lowest BCUT2D eigenvalue weighted by molar-refractivity contribution is 0.0494. The number of furan rings is 1. The van der Waals surface area contributed by atoms with Crippen molar-refractivity contribution in [3.63, 3.8) is 0 Å². The number of esters is 1. The maximum atomic E-state index is 14.8. The van der Waals surface area contributed by atoms with Crippen molar-refractivity contribution in [1.82, 2.24) is 0 Å². The molecule has 0 aliphatic heterocycles. The first kappa shape index (κ1) is 18.1. The van der Waals surface area contributed by atoms with Crippen LogP contribution >= 0.6 is 11.6 Å². The van der Waals surface area contributed by atoms with Crippen LogP contribution in [-0.2, 0) is 4.74 Å². The maximum absolute atomic E-state index is 14.8. The Hall–Kier alpha value is -2.67. The molecular weight excluding hydrogens is 373 g/mol. The summed E-state index contributed by atoms with van der Waals surface area (Å²) in [6, 6.07) is 5.17. The number of halogens is 4. The van der Waals surface area contributed by atoms with Gasteiger partial charge < -0.3 is 13.9 Å². The van der Waals surface area contributed by atoms with Crippen molar-refractivity contribution in [2.75, 3.05) is 13.7 Å². The average Bonchev–Trinajstić information content (AvgIpc) is 3.00. The molecule has 0 aliphatic rings. The number of rotatable bonds is 4. The number of hydrogen-bond acceptors (Lipinski definition) is 4. The zero-order valence-electron chi connectivity index (χ0n) is 13.7. The Kier molecular flexibility index (Phi) is 4.82. The quantitative estimate of drug-likeness (QED) is 0.449. The van der Waals surface area contributed by atoms with Gasteiger partial charge in [0, 0.05) is 16.5 Å². The summed E-state index contributed by atoms with van der Waals surface area (Å²) in [4.78, 5) is 12.3. The lowest BCUT2D eigenvalue weighted by Gasteiger charge is -2.10. The summed E-state index contributed by atoms with van der Waals surface area (Å²) < 4.78 is 57.5. The van der Waals surface area contributed by atoms with Gasteiger partial charge in [-0.3, -0.25) is 0 Å². The van der Waals surface area contributed by atoms with Gasteiger partial charge in [0.1, 0.15) is 5.58 Å². The SMILES string of the molecule is CCOC(=O)c1oc2cccc(Cl)c2c1-c1cc(F)c(F)c(OC)c1F. The van der Waals surface area contributed by atoms with E-state index < -0.39 is 34.7 Å². The van der Waals surface area contributed by atoms with E-state index in [1.54, 1.807) is 13.0 Å². The molecule has 0 atom stereocenters. The van der Waals surface area contributed by atoms with Gasteiger partial charge in [0.25, 0.3) is 0 Å². The van der Waals surface area contributed by atoms with Crippen LogP contribution in [-0.4, -0.2) is 19.7 Å². The Morgan fingerprint density at radius 3 is 2.62 bits per heavy atom. The summed E-state index contributed by atoms with van der Waals surface area (Å²) in [6.07, 6.45) is 0. The van der Waals surface area contributed by atoms with Crippen molar-refractivity contribution in [3.8, 4) is 16.9 Å². The van der Waals surface area contributed by atoms with E-state index in [4.69, 9.17) is 20.8 Å². The Morgan fingerprint density at radius 1 is 1.23 bits per heavy atom. The van der Waals surface area contributed by atoms with Gasteiger partial charge in [-0.25, -0.2) is 13.6 Å². The zero-order chi connectivity index (χ0) is 19.0. The molecule has 1 heterocycles. The lowest BCUT2D eigenvalue weighted by atomic mass is 10.00. The van der Waals surface area contributed by atoms with Gasteiger partial charge in [-0.05, 0) is 25.1 Å². The molecule has 26 heavy (non-hydrogen) atoms. The fraction of sp³-hybridized carbons (Fsp3) is 0.167. The second-order valence-corrected chi connectivity index (χ2v) is 5.61. The second-order valence-electron chi connectivity index (χ2n) is 5.21. The van der Waals surface area contributed by atoms with Crippen LogP contribution < -0.4 is 4.74 Å². The minimum absolute atomic E-state index is 0.0344. The molecule has 0 radical (unpaired) electrons. The van der Waals surface area contributed by atoms with Crippen molar-refractivity contribution in [2.24, 2.45) is 0 Å². The minimum Gasteiger partial charge on any atom is -0.491 e. The topological polar surface area (TPSA) is 48.7 Å². The lowest BCUT2D eigenvalue weighted by Crippen LogP contribution is -2.06. The normalized spacial score (nSPS) is 11.0. The highest BCUT2D eigenvalue weighted by Gasteiger charge is 2.30. The van der Waals surface area contributed by atoms with Gasteiger partial charge in [-0.1, -0.05) is 17.7 Å². The molecule has 8 heteroatoms. The molecule has 136 valence electrons. The van der Waals surface area contributed by atoms with E-state index in [0.29, 0.717) is 6.07 Å². The van der Waals surface area contributed by atoms with E-state index in [1.807, 2.05) is 0 Å². The van der Waals surface area contributed by atoms with Gasteiger partial charge in [-0.2, -0.15) is 4.39 Å². The third-order valence-electron chi connectivity index (χ3n) is 3.71. The summed E-state index contributed by atoms with van der Waals surface area (Å²) in [5.41, 5.74) is -0.409. The molecule has 3 rings (SSSR count). The molecule has 0 saturated heterocycles. The van der Waals surface area contributed by atoms with Crippen LogP contribution in [0, 0.1) is 17.5 Å². The van der Waals surface area contributed by atoms with E-state index in [2.05, 4.69) is 4.74 Å². The first-order valence-corrected chi connectivity index (χ1v) is 7.88. The van der Waals surface area contributed by atoms with Crippen molar-refractivity contribution in [3.05, 3.63) is 52.5 Å². The van der Waals surface area contributed by atoms with Crippen LogP contribution in [0.2, 0.25) is 5.02 Å². The van der Waals surface area contributed by atoms with Crippen LogP contribution in [0.4, 0.5) is 13.2 Å². The van der Waals surface area contributed by atoms with Crippen molar-refractivity contribution in [1.29, 1.82) is 0 Å². The second kappa shape index (κ2) is 6.92. The summed E-state index contributed by atoms with van der Waals surface area (Å²) in [6.45, 7) is 1.61. The Bertz CT molecular complexity index is 1010. The van der Waals surface area contributed by atoms with Crippen LogP contribution in [0.1, 0.15) is 17.5 Å². The maximum Gasteiger partial charge on any atom is 0.374 e. The number of benzene rings is 2. The molecular formula is C18H12ClF3O4. The first-order chi connectivity index (χ1) is 12.4. The molecule has 0 saturated carbocycles. The monoisotopic (exact) mass is 384 g/mol. The number of methoxy groups -OCH3 is 1. The third-order valence-corrected chi connectivity index (χ3v) is 4.03. The summed E-state index contributed by atoms with van der Waals surface area (Å²) >= 11 is 6.17. The highest BCUT2D eigenvalue weighted by molar-refractivity contribution is 6.37. The summed E-state index contributed by atoms with van der Waals surface area (Å²) in [5.74, 6) is -6.21. The van der Waals surface area contributed by atoms with Gasteiger partial charge in [0.05, 0.1) is 18.7 Å². The standard InChI is InChI=1S/C18H12ClF3O4/c1-3-25-18(23)16-12(13-9(19)5-4-6-11(13)26-16)8-7-10(20)15(22)17(24-2)14(8)21/h4-7H,3H2,1-2H3. The molecule has 0 N–H and O–H groups in total. The molecule has 0 bridgehead atoms. The predicted octanol–water partition coefficient (Wildman–Crippen LogP) is 5.36. The van der Waals surface area contributed by atoms with Crippen LogP contribution in [0.5, 0.6) is 5.75 Å². The van der Waals surface area contributed by atoms with Gasteiger partial charge >= 0.3 is 5.97 Å².